The third-order valence-corrected chi connectivity index (χ3v) is 3.04. The number of hydrogen-bond acceptors (Lipinski definition) is 3. The average Bonchev–Trinajstić information content (AvgIpc) is 2.86. The van der Waals surface area contributed by atoms with Gasteiger partial charge in [-0.1, -0.05) is 24.3 Å². The normalized spacial score (nSPS) is 10.4. The Morgan fingerprint density at radius 2 is 2.05 bits per heavy atom. The van der Waals surface area contributed by atoms with Crippen molar-refractivity contribution in [2.75, 3.05) is 14.1 Å². The molecule has 0 atom stereocenters. The van der Waals surface area contributed by atoms with Crippen molar-refractivity contribution >= 4 is 11.9 Å². The van der Waals surface area contributed by atoms with Crippen LogP contribution < -0.4 is 0 Å². The molecule has 2 aromatic rings. The molecule has 0 fully saturated rings. The van der Waals surface area contributed by atoms with Crippen molar-refractivity contribution in [2.45, 2.75) is 13.0 Å². The minimum absolute atomic E-state index is 0.0128. The Kier molecular flexibility index (Phi) is 4.37. The fourth-order valence-electron chi connectivity index (χ4n) is 1.91. The number of carbonyl (C=O) groups excluding carboxylic acids is 1. The highest BCUT2D eigenvalue weighted by atomic mass is 16.4. The lowest BCUT2D eigenvalue weighted by molar-refractivity contribution is -0.136. The summed E-state index contributed by atoms with van der Waals surface area (Å²) in [6.45, 7) is 0.182. The van der Waals surface area contributed by atoms with Gasteiger partial charge in [0.05, 0.1) is 12.6 Å². The topological polar surface area (TPSA) is 75.4 Å². The first-order valence-corrected chi connectivity index (χ1v) is 6.49. The molecule has 0 spiro atoms. The maximum atomic E-state index is 11.6. The summed E-state index contributed by atoms with van der Waals surface area (Å²) in [6, 6.07) is 7.30. The summed E-state index contributed by atoms with van der Waals surface area (Å²) >= 11 is 0. The molecule has 1 aromatic carbocycles. The van der Waals surface area contributed by atoms with E-state index in [0.29, 0.717) is 0 Å². The summed E-state index contributed by atoms with van der Waals surface area (Å²) in [4.78, 5) is 23.9. The van der Waals surface area contributed by atoms with Gasteiger partial charge in [0.25, 0.3) is 0 Å². The Hall–Kier alpha value is -2.63. The highest BCUT2D eigenvalue weighted by Gasteiger charge is 2.08. The molecule has 1 N–H and O–H groups in total. The molecule has 0 saturated heterocycles. The fraction of sp³-hybridized carbons (Fsp3) is 0.267. The predicted octanol–water partition coefficient (Wildman–Crippen LogP) is 1.27. The lowest BCUT2D eigenvalue weighted by Gasteiger charge is -2.09. The van der Waals surface area contributed by atoms with Gasteiger partial charge in [-0.25, -0.2) is 0 Å². The summed E-state index contributed by atoms with van der Waals surface area (Å²) < 4.78 is 1.57. The summed E-state index contributed by atoms with van der Waals surface area (Å²) in [5.41, 5.74) is 2.48. The van der Waals surface area contributed by atoms with Crippen LogP contribution in [0.25, 0.3) is 11.1 Å². The molecule has 2 rings (SSSR count). The number of likely N-dealkylation sites (N-methyl/N-ethyl adjacent to an activating group) is 1. The van der Waals surface area contributed by atoms with E-state index in [2.05, 4.69) is 5.10 Å². The van der Waals surface area contributed by atoms with E-state index >= 15 is 0 Å². The van der Waals surface area contributed by atoms with Gasteiger partial charge >= 0.3 is 5.97 Å². The van der Waals surface area contributed by atoms with Crippen molar-refractivity contribution < 1.29 is 14.7 Å². The molecular weight excluding hydrogens is 270 g/mol. The summed E-state index contributed by atoms with van der Waals surface area (Å²) in [5.74, 6) is -0.899. The van der Waals surface area contributed by atoms with Gasteiger partial charge in [-0.2, -0.15) is 5.10 Å². The highest BCUT2D eigenvalue weighted by molar-refractivity contribution is 5.75. The van der Waals surface area contributed by atoms with Gasteiger partial charge in [-0.05, 0) is 11.1 Å². The second-order valence-corrected chi connectivity index (χ2v) is 4.99. The molecule has 0 aliphatic heterocycles. The van der Waals surface area contributed by atoms with E-state index in [4.69, 9.17) is 5.11 Å². The van der Waals surface area contributed by atoms with Crippen LogP contribution in [-0.2, 0) is 22.6 Å². The quantitative estimate of drug-likeness (QED) is 0.898. The van der Waals surface area contributed by atoms with Crippen LogP contribution in [0.5, 0.6) is 0 Å². The van der Waals surface area contributed by atoms with E-state index in [0.717, 1.165) is 16.7 Å². The van der Waals surface area contributed by atoms with Gasteiger partial charge in [0.15, 0.2) is 0 Å². The van der Waals surface area contributed by atoms with Gasteiger partial charge in [0.2, 0.25) is 5.91 Å². The zero-order chi connectivity index (χ0) is 15.4. The second-order valence-electron chi connectivity index (χ2n) is 4.99. The Bertz CT molecular complexity index is 662. The van der Waals surface area contributed by atoms with Crippen LogP contribution in [0.3, 0.4) is 0 Å². The van der Waals surface area contributed by atoms with Crippen LogP contribution >= 0.6 is 0 Å². The lowest BCUT2D eigenvalue weighted by atomic mass is 10.0. The summed E-state index contributed by atoms with van der Waals surface area (Å²) in [5, 5.41) is 13.0. The van der Waals surface area contributed by atoms with E-state index < -0.39 is 5.97 Å². The molecule has 0 bridgehead atoms. The van der Waals surface area contributed by atoms with Crippen LogP contribution in [0.1, 0.15) is 5.56 Å². The minimum atomic E-state index is -0.862. The van der Waals surface area contributed by atoms with E-state index in [-0.39, 0.29) is 18.9 Å². The number of nitrogens with zero attached hydrogens (tertiary/aromatic N) is 3. The molecule has 6 nitrogen and oxygen atoms in total. The molecule has 0 aliphatic rings. The Labute approximate surface area is 122 Å². The molecule has 6 heteroatoms. The first-order valence-electron chi connectivity index (χ1n) is 6.49. The Balaban J connectivity index is 2.17. The maximum Gasteiger partial charge on any atom is 0.307 e. The van der Waals surface area contributed by atoms with Crippen LogP contribution in [0.15, 0.2) is 36.7 Å². The van der Waals surface area contributed by atoms with E-state index in [9.17, 15) is 9.59 Å². The first-order chi connectivity index (χ1) is 9.95. The molecule has 1 amide bonds. The molecule has 1 heterocycles. The molecule has 1 aromatic heterocycles. The van der Waals surface area contributed by atoms with Gasteiger partial charge in [-0.3, -0.25) is 14.3 Å². The zero-order valence-corrected chi connectivity index (χ0v) is 12.0. The van der Waals surface area contributed by atoms with Crippen molar-refractivity contribution in [1.29, 1.82) is 0 Å². The monoisotopic (exact) mass is 287 g/mol. The van der Waals surface area contributed by atoms with Crippen LogP contribution in [0.4, 0.5) is 0 Å². The Morgan fingerprint density at radius 1 is 1.29 bits per heavy atom. The number of aliphatic carboxylic acids is 1. The molecular formula is C15H17N3O3. The number of benzene rings is 1. The van der Waals surface area contributed by atoms with Crippen LogP contribution in [0.2, 0.25) is 0 Å². The van der Waals surface area contributed by atoms with Crippen molar-refractivity contribution in [1.82, 2.24) is 14.7 Å². The standard InChI is InChI=1S/C15H17N3O3/c1-17(2)14(19)10-18-9-13(8-16-18)12-5-3-4-11(6-12)7-15(20)21/h3-6,8-9H,7,10H2,1-2H3,(H,20,21). The smallest absolute Gasteiger partial charge is 0.307 e. The third-order valence-electron chi connectivity index (χ3n) is 3.04. The number of carboxylic acids is 1. The molecule has 110 valence electrons. The molecule has 21 heavy (non-hydrogen) atoms. The Morgan fingerprint density at radius 3 is 2.71 bits per heavy atom. The van der Waals surface area contributed by atoms with E-state index in [1.54, 1.807) is 37.2 Å². The maximum absolute atomic E-state index is 11.6. The minimum Gasteiger partial charge on any atom is -0.481 e. The average molecular weight is 287 g/mol. The molecule has 0 aliphatic carbocycles. The first kappa shape index (κ1) is 14.8. The number of amides is 1. The number of rotatable bonds is 5. The number of carbonyl (C=O) groups is 2. The molecule has 0 saturated carbocycles. The summed E-state index contributed by atoms with van der Waals surface area (Å²) in [7, 11) is 3.39. The number of aromatic nitrogens is 2. The zero-order valence-electron chi connectivity index (χ0n) is 12.0. The number of hydrogen-bond donors (Lipinski definition) is 1. The van der Waals surface area contributed by atoms with Gasteiger partial charge in [-0.15, -0.1) is 0 Å². The largest absolute Gasteiger partial charge is 0.481 e. The van der Waals surface area contributed by atoms with Crippen molar-refractivity contribution in [3.05, 3.63) is 42.2 Å². The van der Waals surface area contributed by atoms with Crippen molar-refractivity contribution in [3.8, 4) is 11.1 Å². The van der Waals surface area contributed by atoms with Gasteiger partial charge in [0.1, 0.15) is 6.54 Å². The fourth-order valence-corrected chi connectivity index (χ4v) is 1.91. The summed E-state index contributed by atoms with van der Waals surface area (Å²) in [6.07, 6.45) is 3.44. The van der Waals surface area contributed by atoms with E-state index in [1.807, 2.05) is 18.2 Å². The molecule has 0 unspecified atom stereocenters. The third kappa shape index (κ3) is 3.92. The van der Waals surface area contributed by atoms with Crippen LogP contribution in [-0.4, -0.2) is 45.8 Å². The lowest BCUT2D eigenvalue weighted by Crippen LogP contribution is -2.26. The number of carboxylic acid groups (broad SMARTS) is 1. The van der Waals surface area contributed by atoms with Gasteiger partial charge < -0.3 is 10.0 Å². The predicted molar refractivity (Wildman–Crippen MR) is 77.7 cm³/mol. The van der Waals surface area contributed by atoms with Crippen LogP contribution in [0, 0.1) is 0 Å². The van der Waals surface area contributed by atoms with E-state index in [1.165, 1.54) is 4.90 Å². The second kappa shape index (κ2) is 6.21. The van der Waals surface area contributed by atoms with Crippen molar-refractivity contribution in [2.24, 2.45) is 0 Å². The highest BCUT2D eigenvalue weighted by Crippen LogP contribution is 2.20. The van der Waals surface area contributed by atoms with Gasteiger partial charge in [0, 0.05) is 25.9 Å². The molecule has 0 radical (unpaired) electrons. The van der Waals surface area contributed by atoms with Crippen molar-refractivity contribution in [3.63, 3.8) is 0 Å². The SMILES string of the molecule is CN(C)C(=O)Cn1cc(-c2cccc(CC(=O)O)c2)cn1.